The molecule has 0 atom stereocenters. The van der Waals surface area contributed by atoms with Crippen LogP contribution in [0.15, 0.2) is 64.9 Å². The van der Waals surface area contributed by atoms with Crippen LogP contribution in [0.25, 0.3) is 28.4 Å². The van der Waals surface area contributed by atoms with Crippen molar-refractivity contribution < 1.29 is 8.81 Å². The predicted octanol–water partition coefficient (Wildman–Crippen LogP) is 6.31. The van der Waals surface area contributed by atoms with Gasteiger partial charge in [0.25, 0.3) is 0 Å². The molecule has 4 heteroatoms. The van der Waals surface area contributed by atoms with Gasteiger partial charge in [-0.25, -0.2) is 9.37 Å². The number of rotatable bonds is 5. The Balaban J connectivity index is 1.92. The van der Waals surface area contributed by atoms with Crippen molar-refractivity contribution in [3.05, 3.63) is 71.9 Å². The minimum Gasteiger partial charge on any atom is -0.453 e. The van der Waals surface area contributed by atoms with E-state index in [2.05, 4.69) is 9.97 Å². The quantitative estimate of drug-likeness (QED) is 0.555. The number of imidazole rings is 1. The largest absolute Gasteiger partial charge is 0.453 e. The van der Waals surface area contributed by atoms with Crippen LogP contribution in [-0.4, -0.2) is 9.97 Å². The second-order valence-corrected chi connectivity index (χ2v) is 5.87. The first-order chi connectivity index (χ1) is 12.1. The molecule has 2 heterocycles. The molecule has 128 valence electrons. The van der Waals surface area contributed by atoms with Crippen molar-refractivity contribution in [3.8, 4) is 22.8 Å². The molecule has 0 aliphatic heterocycles. The van der Waals surface area contributed by atoms with Crippen LogP contribution in [0.4, 0.5) is 4.39 Å². The molecule has 0 bridgehead atoms. The van der Waals surface area contributed by atoms with Gasteiger partial charge in [-0.3, -0.25) is 0 Å². The zero-order valence-electron chi connectivity index (χ0n) is 14.6. The number of nitrogens with zero attached hydrogens (tertiary/aromatic N) is 1. The first-order valence-corrected chi connectivity index (χ1v) is 8.35. The number of allylic oxidation sites excluding steroid dienone is 4. The molecule has 25 heavy (non-hydrogen) atoms. The van der Waals surface area contributed by atoms with E-state index in [1.807, 2.05) is 50.2 Å². The van der Waals surface area contributed by atoms with Gasteiger partial charge in [0, 0.05) is 16.8 Å². The number of benzene rings is 1. The van der Waals surface area contributed by atoms with Crippen LogP contribution in [-0.2, 0) is 0 Å². The Bertz CT molecular complexity index is 917. The molecule has 0 radical (unpaired) electrons. The van der Waals surface area contributed by atoms with Crippen molar-refractivity contribution in [1.82, 2.24) is 9.97 Å². The molecule has 0 aliphatic carbocycles. The molecule has 0 spiro atoms. The van der Waals surface area contributed by atoms with E-state index in [-0.39, 0.29) is 5.83 Å². The Kier molecular flexibility index (Phi) is 4.98. The van der Waals surface area contributed by atoms with Gasteiger partial charge in [-0.05, 0) is 38.5 Å². The summed E-state index contributed by atoms with van der Waals surface area (Å²) in [5.74, 6) is 1.44. The molecule has 0 aliphatic rings. The van der Waals surface area contributed by atoms with Gasteiger partial charge in [0.15, 0.2) is 11.6 Å². The van der Waals surface area contributed by atoms with Gasteiger partial charge in [0.2, 0.25) is 0 Å². The number of H-pyrrole nitrogens is 1. The number of aromatic nitrogens is 2. The normalized spacial score (nSPS) is 12.6. The number of hydrogen-bond donors (Lipinski definition) is 1. The molecule has 0 unspecified atom stereocenters. The lowest BCUT2D eigenvalue weighted by molar-refractivity contribution is 0.558. The van der Waals surface area contributed by atoms with E-state index in [0.717, 1.165) is 23.4 Å². The molecule has 2 aromatic heterocycles. The van der Waals surface area contributed by atoms with E-state index in [1.54, 1.807) is 19.1 Å². The van der Waals surface area contributed by atoms with Crippen molar-refractivity contribution in [2.24, 2.45) is 0 Å². The van der Waals surface area contributed by atoms with Gasteiger partial charge in [-0.1, -0.05) is 43.3 Å². The third-order valence-electron chi connectivity index (χ3n) is 4.00. The smallest absolute Gasteiger partial charge is 0.174 e. The molecule has 0 amide bonds. The van der Waals surface area contributed by atoms with E-state index in [1.165, 1.54) is 6.08 Å². The number of furan rings is 1. The molecule has 1 aromatic carbocycles. The molecular formula is C21H21FN2O. The number of hydrogen-bond acceptors (Lipinski definition) is 2. The van der Waals surface area contributed by atoms with Crippen molar-refractivity contribution in [3.63, 3.8) is 0 Å². The standard InChI is InChI=1S/C21H21FN2O/c1-4-5-11-17(22)14(2)18-12-13-19(25-18)21-23-15(3)20(24-21)16-9-7-6-8-10-16/h5-13H,4H2,1-3H3,(H,23,24)/b11-5-,17-14-. The fourth-order valence-corrected chi connectivity index (χ4v) is 2.58. The Morgan fingerprint density at radius 2 is 1.96 bits per heavy atom. The van der Waals surface area contributed by atoms with E-state index in [4.69, 9.17) is 4.42 Å². The van der Waals surface area contributed by atoms with Crippen LogP contribution in [0, 0.1) is 6.92 Å². The van der Waals surface area contributed by atoms with E-state index in [0.29, 0.717) is 22.9 Å². The minimum absolute atomic E-state index is 0.289. The fourth-order valence-electron chi connectivity index (χ4n) is 2.58. The summed E-state index contributed by atoms with van der Waals surface area (Å²) < 4.78 is 19.9. The summed E-state index contributed by atoms with van der Waals surface area (Å²) in [5, 5.41) is 0. The van der Waals surface area contributed by atoms with Gasteiger partial charge in [-0.15, -0.1) is 0 Å². The van der Waals surface area contributed by atoms with Crippen LogP contribution in [0.5, 0.6) is 0 Å². The van der Waals surface area contributed by atoms with Crippen molar-refractivity contribution >= 4 is 5.57 Å². The zero-order valence-corrected chi connectivity index (χ0v) is 14.6. The monoisotopic (exact) mass is 336 g/mol. The summed E-state index contributed by atoms with van der Waals surface area (Å²) in [5.41, 5.74) is 3.37. The predicted molar refractivity (Wildman–Crippen MR) is 99.6 cm³/mol. The maximum absolute atomic E-state index is 14.1. The van der Waals surface area contributed by atoms with Crippen LogP contribution in [0.3, 0.4) is 0 Å². The number of nitrogens with one attached hydrogen (secondary N) is 1. The summed E-state index contributed by atoms with van der Waals surface area (Å²) in [7, 11) is 0. The Morgan fingerprint density at radius 3 is 2.68 bits per heavy atom. The highest BCUT2D eigenvalue weighted by Gasteiger charge is 2.14. The summed E-state index contributed by atoms with van der Waals surface area (Å²) in [4.78, 5) is 7.89. The number of aromatic amines is 1. The molecular weight excluding hydrogens is 315 g/mol. The summed E-state index contributed by atoms with van der Waals surface area (Å²) in [6.45, 7) is 5.65. The van der Waals surface area contributed by atoms with Crippen LogP contribution in [0.1, 0.15) is 31.7 Å². The lowest BCUT2D eigenvalue weighted by Crippen LogP contribution is -1.80. The Morgan fingerprint density at radius 1 is 1.20 bits per heavy atom. The van der Waals surface area contributed by atoms with E-state index < -0.39 is 0 Å². The maximum atomic E-state index is 14.1. The first-order valence-electron chi connectivity index (χ1n) is 8.35. The first kappa shape index (κ1) is 17.0. The molecule has 3 aromatic rings. The molecule has 0 saturated carbocycles. The average Bonchev–Trinajstić information content (AvgIpc) is 3.26. The summed E-state index contributed by atoms with van der Waals surface area (Å²) in [6.07, 6.45) is 4.05. The number of aryl methyl sites for hydroxylation is 1. The van der Waals surface area contributed by atoms with Gasteiger partial charge < -0.3 is 9.40 Å². The molecule has 0 saturated heterocycles. The maximum Gasteiger partial charge on any atom is 0.174 e. The molecule has 3 rings (SSSR count). The van der Waals surface area contributed by atoms with Gasteiger partial charge >= 0.3 is 0 Å². The third kappa shape index (κ3) is 3.63. The van der Waals surface area contributed by atoms with Gasteiger partial charge in [-0.2, -0.15) is 0 Å². The van der Waals surface area contributed by atoms with Crippen LogP contribution < -0.4 is 0 Å². The Hall–Kier alpha value is -2.88. The second kappa shape index (κ2) is 7.34. The minimum atomic E-state index is -0.289. The number of halogens is 1. The lowest BCUT2D eigenvalue weighted by Gasteiger charge is -1.97. The van der Waals surface area contributed by atoms with Crippen molar-refractivity contribution in [1.29, 1.82) is 0 Å². The second-order valence-electron chi connectivity index (χ2n) is 5.87. The highest BCUT2D eigenvalue weighted by atomic mass is 19.1. The molecule has 3 nitrogen and oxygen atoms in total. The highest BCUT2D eigenvalue weighted by Crippen LogP contribution is 2.29. The summed E-state index contributed by atoms with van der Waals surface area (Å²) in [6, 6.07) is 13.5. The Labute approximate surface area is 146 Å². The molecule has 0 fully saturated rings. The third-order valence-corrected chi connectivity index (χ3v) is 4.00. The topological polar surface area (TPSA) is 41.8 Å². The molecule has 1 N–H and O–H groups in total. The summed E-state index contributed by atoms with van der Waals surface area (Å²) >= 11 is 0. The van der Waals surface area contributed by atoms with Gasteiger partial charge in [0.05, 0.1) is 5.69 Å². The van der Waals surface area contributed by atoms with Crippen LogP contribution >= 0.6 is 0 Å². The van der Waals surface area contributed by atoms with E-state index >= 15 is 0 Å². The lowest BCUT2D eigenvalue weighted by atomic mass is 10.1. The fraction of sp³-hybridized carbons (Fsp3) is 0.190. The SMILES string of the molecule is CC/C=C\C(F)=C(/C)c1ccc(-c2nc(-c3ccccc3)c(C)[nH]2)o1. The van der Waals surface area contributed by atoms with E-state index in [9.17, 15) is 4.39 Å². The highest BCUT2D eigenvalue weighted by molar-refractivity contribution is 5.68. The van der Waals surface area contributed by atoms with Crippen molar-refractivity contribution in [2.75, 3.05) is 0 Å². The van der Waals surface area contributed by atoms with Crippen molar-refractivity contribution in [2.45, 2.75) is 27.2 Å². The average molecular weight is 336 g/mol. The zero-order chi connectivity index (χ0) is 17.8. The van der Waals surface area contributed by atoms with Gasteiger partial charge in [0.1, 0.15) is 11.6 Å². The van der Waals surface area contributed by atoms with Crippen LogP contribution in [0.2, 0.25) is 0 Å².